The van der Waals surface area contributed by atoms with Gasteiger partial charge in [-0.25, -0.2) is 4.79 Å². The minimum atomic E-state index is -0.299. The Bertz CT molecular complexity index is 488. The van der Waals surface area contributed by atoms with Crippen LogP contribution in [0.2, 0.25) is 0 Å². The summed E-state index contributed by atoms with van der Waals surface area (Å²) in [6.45, 7) is 5.42. The second kappa shape index (κ2) is 7.34. The zero-order chi connectivity index (χ0) is 15.2. The monoisotopic (exact) mass is 290 g/mol. The number of nitrogen functional groups attached to an aromatic ring is 1. The van der Waals surface area contributed by atoms with E-state index in [1.54, 1.807) is 25.1 Å². The van der Waals surface area contributed by atoms with Gasteiger partial charge in [-0.2, -0.15) is 0 Å². The number of carbonyl (C=O) groups is 1. The molecule has 0 bridgehead atoms. The van der Waals surface area contributed by atoms with Crippen molar-refractivity contribution in [3.05, 3.63) is 23.8 Å². The van der Waals surface area contributed by atoms with Gasteiger partial charge in [0, 0.05) is 6.54 Å². The van der Waals surface area contributed by atoms with Gasteiger partial charge in [0.15, 0.2) is 0 Å². The van der Waals surface area contributed by atoms with E-state index in [1.165, 1.54) is 25.7 Å². The Labute approximate surface area is 127 Å². The van der Waals surface area contributed by atoms with E-state index >= 15 is 0 Å². The molecule has 0 saturated heterocycles. The fraction of sp³-hybridized carbons (Fsp3) is 0.588. The van der Waals surface area contributed by atoms with Crippen LogP contribution in [0.1, 0.15) is 49.9 Å². The molecule has 1 aromatic carbocycles. The lowest BCUT2D eigenvalue weighted by atomic mass is 9.80. The van der Waals surface area contributed by atoms with Crippen LogP contribution < -0.4 is 11.1 Å². The summed E-state index contributed by atoms with van der Waals surface area (Å²) >= 11 is 0. The van der Waals surface area contributed by atoms with Crippen molar-refractivity contribution in [2.75, 3.05) is 24.2 Å². The van der Waals surface area contributed by atoms with Crippen LogP contribution in [0, 0.1) is 11.8 Å². The molecule has 2 rings (SSSR count). The molecule has 2 unspecified atom stereocenters. The zero-order valence-electron chi connectivity index (χ0n) is 13.0. The molecule has 1 saturated carbocycles. The van der Waals surface area contributed by atoms with Crippen LogP contribution in [0.3, 0.4) is 0 Å². The first-order valence-corrected chi connectivity index (χ1v) is 7.92. The number of benzene rings is 1. The third-order valence-electron chi connectivity index (χ3n) is 4.41. The van der Waals surface area contributed by atoms with E-state index in [2.05, 4.69) is 12.2 Å². The van der Waals surface area contributed by atoms with E-state index in [-0.39, 0.29) is 5.97 Å². The summed E-state index contributed by atoms with van der Waals surface area (Å²) in [6, 6.07) is 5.27. The number of hydrogen-bond donors (Lipinski definition) is 2. The Morgan fingerprint density at radius 2 is 2.14 bits per heavy atom. The first-order chi connectivity index (χ1) is 10.1. The van der Waals surface area contributed by atoms with Crippen molar-refractivity contribution in [3.63, 3.8) is 0 Å². The van der Waals surface area contributed by atoms with Crippen LogP contribution in [-0.2, 0) is 4.74 Å². The lowest BCUT2D eigenvalue weighted by Crippen LogP contribution is -2.24. The van der Waals surface area contributed by atoms with Gasteiger partial charge in [-0.1, -0.05) is 26.2 Å². The van der Waals surface area contributed by atoms with Crippen molar-refractivity contribution >= 4 is 17.3 Å². The van der Waals surface area contributed by atoms with Gasteiger partial charge in [0.1, 0.15) is 0 Å². The maximum Gasteiger partial charge on any atom is 0.338 e. The highest BCUT2D eigenvalue weighted by atomic mass is 16.5. The SMILES string of the molecule is CCOC(=O)c1ccc(N)c(NCC2CCCCC2C)c1. The predicted octanol–water partition coefficient (Wildman–Crippen LogP) is 3.68. The van der Waals surface area contributed by atoms with Crippen molar-refractivity contribution < 1.29 is 9.53 Å². The molecule has 1 aliphatic rings. The van der Waals surface area contributed by atoms with Crippen molar-refractivity contribution in [1.29, 1.82) is 0 Å². The van der Waals surface area contributed by atoms with Crippen LogP contribution in [0.5, 0.6) is 0 Å². The number of ether oxygens (including phenoxy) is 1. The predicted molar refractivity (Wildman–Crippen MR) is 86.4 cm³/mol. The number of nitrogens with one attached hydrogen (secondary N) is 1. The minimum Gasteiger partial charge on any atom is -0.462 e. The topological polar surface area (TPSA) is 64.3 Å². The van der Waals surface area contributed by atoms with E-state index in [0.29, 0.717) is 23.8 Å². The molecule has 4 heteroatoms. The third-order valence-corrected chi connectivity index (χ3v) is 4.41. The van der Waals surface area contributed by atoms with Gasteiger partial charge in [0.25, 0.3) is 0 Å². The molecule has 0 spiro atoms. The molecule has 0 aliphatic heterocycles. The summed E-state index contributed by atoms with van der Waals surface area (Å²) in [4.78, 5) is 11.8. The molecule has 1 aromatic rings. The van der Waals surface area contributed by atoms with Gasteiger partial charge in [-0.05, 0) is 43.4 Å². The van der Waals surface area contributed by atoms with Crippen LogP contribution in [0.25, 0.3) is 0 Å². The zero-order valence-corrected chi connectivity index (χ0v) is 13.0. The molecule has 2 atom stereocenters. The fourth-order valence-electron chi connectivity index (χ4n) is 2.99. The van der Waals surface area contributed by atoms with Crippen LogP contribution in [0.15, 0.2) is 18.2 Å². The standard InChI is InChI=1S/C17H26N2O2/c1-3-21-17(20)13-8-9-15(18)16(10-13)19-11-14-7-5-4-6-12(14)2/h8-10,12,14,19H,3-7,11,18H2,1-2H3. The number of nitrogens with two attached hydrogens (primary N) is 1. The molecular formula is C17H26N2O2. The average molecular weight is 290 g/mol. The fourth-order valence-corrected chi connectivity index (χ4v) is 2.99. The van der Waals surface area contributed by atoms with Gasteiger partial charge in [0.05, 0.1) is 23.5 Å². The van der Waals surface area contributed by atoms with Crippen LogP contribution in [0.4, 0.5) is 11.4 Å². The van der Waals surface area contributed by atoms with E-state index in [1.807, 2.05) is 0 Å². The van der Waals surface area contributed by atoms with Gasteiger partial charge < -0.3 is 15.8 Å². The highest BCUT2D eigenvalue weighted by Crippen LogP contribution is 2.30. The molecular weight excluding hydrogens is 264 g/mol. The van der Waals surface area contributed by atoms with Gasteiger partial charge in [0.2, 0.25) is 0 Å². The quantitative estimate of drug-likeness (QED) is 0.641. The summed E-state index contributed by atoms with van der Waals surface area (Å²) < 4.78 is 5.03. The van der Waals surface area contributed by atoms with E-state index in [0.717, 1.165) is 18.2 Å². The van der Waals surface area contributed by atoms with Gasteiger partial charge >= 0.3 is 5.97 Å². The Kier molecular flexibility index (Phi) is 5.48. The van der Waals surface area contributed by atoms with Crippen LogP contribution in [-0.4, -0.2) is 19.1 Å². The van der Waals surface area contributed by atoms with Crippen molar-refractivity contribution in [2.45, 2.75) is 39.5 Å². The highest BCUT2D eigenvalue weighted by Gasteiger charge is 2.21. The number of rotatable bonds is 5. The van der Waals surface area contributed by atoms with E-state index in [9.17, 15) is 4.79 Å². The second-order valence-electron chi connectivity index (χ2n) is 5.93. The summed E-state index contributed by atoms with van der Waals surface area (Å²) in [6.07, 6.45) is 5.24. The minimum absolute atomic E-state index is 0.299. The summed E-state index contributed by atoms with van der Waals surface area (Å²) in [5, 5.41) is 3.42. The molecule has 1 aliphatic carbocycles. The van der Waals surface area contributed by atoms with Gasteiger partial charge in [-0.3, -0.25) is 0 Å². The Morgan fingerprint density at radius 1 is 1.38 bits per heavy atom. The molecule has 0 amide bonds. The molecule has 1 fully saturated rings. The number of esters is 1. The molecule has 4 nitrogen and oxygen atoms in total. The number of carbonyl (C=O) groups excluding carboxylic acids is 1. The number of anilines is 2. The lowest BCUT2D eigenvalue weighted by molar-refractivity contribution is 0.0526. The Hall–Kier alpha value is -1.71. The molecule has 0 heterocycles. The molecule has 116 valence electrons. The molecule has 0 aromatic heterocycles. The van der Waals surface area contributed by atoms with E-state index < -0.39 is 0 Å². The Balaban J connectivity index is 2.01. The van der Waals surface area contributed by atoms with Crippen molar-refractivity contribution in [3.8, 4) is 0 Å². The maximum atomic E-state index is 11.8. The van der Waals surface area contributed by atoms with Crippen molar-refractivity contribution in [1.82, 2.24) is 0 Å². The Morgan fingerprint density at radius 3 is 2.86 bits per heavy atom. The highest BCUT2D eigenvalue weighted by molar-refractivity contribution is 5.92. The molecule has 0 radical (unpaired) electrons. The first-order valence-electron chi connectivity index (χ1n) is 7.92. The smallest absolute Gasteiger partial charge is 0.338 e. The number of hydrogen-bond acceptors (Lipinski definition) is 4. The largest absolute Gasteiger partial charge is 0.462 e. The lowest BCUT2D eigenvalue weighted by Gasteiger charge is -2.29. The first kappa shape index (κ1) is 15.7. The molecule has 21 heavy (non-hydrogen) atoms. The molecule has 3 N–H and O–H groups in total. The van der Waals surface area contributed by atoms with Crippen molar-refractivity contribution in [2.24, 2.45) is 11.8 Å². The average Bonchev–Trinajstić information content (AvgIpc) is 2.48. The van der Waals surface area contributed by atoms with Crippen LogP contribution >= 0.6 is 0 Å². The third kappa shape index (κ3) is 4.13. The summed E-state index contributed by atoms with van der Waals surface area (Å²) in [5.41, 5.74) is 8.05. The maximum absolute atomic E-state index is 11.8. The van der Waals surface area contributed by atoms with E-state index in [4.69, 9.17) is 10.5 Å². The summed E-state index contributed by atoms with van der Waals surface area (Å²) in [5.74, 6) is 1.14. The van der Waals surface area contributed by atoms with Gasteiger partial charge in [-0.15, -0.1) is 0 Å². The second-order valence-corrected chi connectivity index (χ2v) is 5.93. The summed E-state index contributed by atoms with van der Waals surface area (Å²) in [7, 11) is 0. The normalized spacial score (nSPS) is 21.8.